The summed E-state index contributed by atoms with van der Waals surface area (Å²) in [7, 11) is 4.88. The fourth-order valence-electron chi connectivity index (χ4n) is 2.89. The molecule has 0 unspecified atom stereocenters. The lowest BCUT2D eigenvalue weighted by Crippen LogP contribution is -2.24. The standard InChI is InChI=1S/C22H25N5O4S/c1-14-6-5-7-15(10-14)21(29)23-12-19-25-26-22(27(19)2)32-13-20(28)24-17-9-8-16(30-3)11-18(17)31-4/h5-11H,12-13H2,1-4H3,(H,23,29)(H,24,28). The Hall–Kier alpha value is -3.53. The second-order valence-electron chi connectivity index (χ2n) is 6.91. The number of nitrogens with zero attached hydrogens (tertiary/aromatic N) is 3. The van der Waals surface area contributed by atoms with E-state index in [9.17, 15) is 9.59 Å². The molecule has 0 radical (unpaired) electrons. The molecule has 0 spiro atoms. The molecular weight excluding hydrogens is 430 g/mol. The Morgan fingerprint density at radius 2 is 1.91 bits per heavy atom. The molecule has 1 heterocycles. The normalized spacial score (nSPS) is 10.5. The lowest BCUT2D eigenvalue weighted by molar-refractivity contribution is -0.113. The van der Waals surface area contributed by atoms with Crippen LogP contribution in [-0.4, -0.2) is 46.6 Å². The molecular formula is C22H25N5O4S. The molecule has 0 atom stereocenters. The third kappa shape index (κ3) is 5.79. The molecule has 1 aromatic heterocycles. The largest absolute Gasteiger partial charge is 0.497 e. The summed E-state index contributed by atoms with van der Waals surface area (Å²) < 4.78 is 12.2. The summed E-state index contributed by atoms with van der Waals surface area (Å²) in [5, 5.41) is 14.5. The van der Waals surface area contributed by atoms with Gasteiger partial charge in [0.2, 0.25) is 5.91 Å². The minimum Gasteiger partial charge on any atom is -0.497 e. The van der Waals surface area contributed by atoms with Crippen molar-refractivity contribution in [3.63, 3.8) is 0 Å². The molecule has 168 valence electrons. The summed E-state index contributed by atoms with van der Waals surface area (Å²) >= 11 is 1.25. The van der Waals surface area contributed by atoms with Gasteiger partial charge in [0.25, 0.3) is 5.91 Å². The monoisotopic (exact) mass is 455 g/mol. The minimum absolute atomic E-state index is 0.136. The molecule has 32 heavy (non-hydrogen) atoms. The van der Waals surface area contributed by atoms with E-state index in [0.717, 1.165) is 5.56 Å². The number of rotatable bonds is 9. The second kappa shape index (κ2) is 10.7. The zero-order valence-electron chi connectivity index (χ0n) is 18.3. The van der Waals surface area contributed by atoms with Gasteiger partial charge >= 0.3 is 0 Å². The van der Waals surface area contributed by atoms with Crippen LogP contribution in [0.1, 0.15) is 21.7 Å². The van der Waals surface area contributed by atoms with Crippen molar-refractivity contribution < 1.29 is 19.1 Å². The first-order valence-corrected chi connectivity index (χ1v) is 10.8. The van der Waals surface area contributed by atoms with Crippen molar-refractivity contribution in [2.24, 2.45) is 7.05 Å². The van der Waals surface area contributed by atoms with Crippen LogP contribution >= 0.6 is 11.8 Å². The Morgan fingerprint density at radius 3 is 2.62 bits per heavy atom. The maximum Gasteiger partial charge on any atom is 0.251 e. The SMILES string of the molecule is COc1ccc(NC(=O)CSc2nnc(CNC(=O)c3cccc(C)c3)n2C)c(OC)c1. The molecule has 0 aliphatic heterocycles. The topological polar surface area (TPSA) is 107 Å². The van der Waals surface area contributed by atoms with E-state index in [4.69, 9.17) is 9.47 Å². The highest BCUT2D eigenvalue weighted by atomic mass is 32.2. The maximum atomic E-state index is 12.4. The summed E-state index contributed by atoms with van der Waals surface area (Å²) in [4.78, 5) is 24.7. The highest BCUT2D eigenvalue weighted by Crippen LogP contribution is 2.29. The number of carbonyl (C=O) groups excluding carboxylic acids is 2. The molecule has 3 rings (SSSR count). The third-order valence-electron chi connectivity index (χ3n) is 4.63. The number of anilines is 1. The van der Waals surface area contributed by atoms with E-state index in [1.807, 2.05) is 25.1 Å². The number of nitrogens with one attached hydrogen (secondary N) is 2. The number of methoxy groups -OCH3 is 2. The number of benzene rings is 2. The van der Waals surface area contributed by atoms with Crippen LogP contribution < -0.4 is 20.1 Å². The van der Waals surface area contributed by atoms with Gasteiger partial charge in [0.15, 0.2) is 11.0 Å². The number of carbonyl (C=O) groups is 2. The van der Waals surface area contributed by atoms with Crippen molar-refractivity contribution in [2.75, 3.05) is 25.3 Å². The molecule has 9 nitrogen and oxygen atoms in total. The zero-order valence-corrected chi connectivity index (χ0v) is 19.2. The Kier molecular flexibility index (Phi) is 7.72. The lowest BCUT2D eigenvalue weighted by atomic mass is 10.1. The summed E-state index contributed by atoms with van der Waals surface area (Å²) in [5.41, 5.74) is 2.16. The summed E-state index contributed by atoms with van der Waals surface area (Å²) in [5.74, 6) is 1.47. The number of thioether (sulfide) groups is 1. The lowest BCUT2D eigenvalue weighted by Gasteiger charge is -2.11. The number of ether oxygens (including phenoxy) is 2. The highest BCUT2D eigenvalue weighted by molar-refractivity contribution is 7.99. The van der Waals surface area contributed by atoms with Gasteiger partial charge in [-0.05, 0) is 31.2 Å². The molecule has 0 fully saturated rings. The third-order valence-corrected chi connectivity index (χ3v) is 5.65. The predicted molar refractivity (Wildman–Crippen MR) is 122 cm³/mol. The molecule has 0 saturated heterocycles. The molecule has 0 saturated carbocycles. The Balaban J connectivity index is 1.54. The van der Waals surface area contributed by atoms with E-state index in [1.54, 1.807) is 43.0 Å². The average Bonchev–Trinajstić information content (AvgIpc) is 3.15. The molecule has 10 heteroatoms. The Labute approximate surface area is 190 Å². The molecule has 2 amide bonds. The van der Waals surface area contributed by atoms with Gasteiger partial charge in [0, 0.05) is 18.7 Å². The van der Waals surface area contributed by atoms with Crippen LogP contribution in [0.5, 0.6) is 11.5 Å². The molecule has 2 N–H and O–H groups in total. The van der Waals surface area contributed by atoms with Crippen LogP contribution in [0.15, 0.2) is 47.6 Å². The van der Waals surface area contributed by atoms with Gasteiger partial charge in [-0.3, -0.25) is 9.59 Å². The maximum absolute atomic E-state index is 12.4. The Bertz CT molecular complexity index is 1120. The first-order valence-electron chi connectivity index (χ1n) is 9.79. The fraction of sp³-hybridized carbons (Fsp3) is 0.273. The zero-order chi connectivity index (χ0) is 23.1. The molecule has 0 aliphatic rings. The van der Waals surface area contributed by atoms with Crippen molar-refractivity contribution >= 4 is 29.3 Å². The van der Waals surface area contributed by atoms with Gasteiger partial charge in [-0.15, -0.1) is 10.2 Å². The molecule has 0 bridgehead atoms. The summed E-state index contributed by atoms with van der Waals surface area (Å²) in [6.45, 7) is 2.16. The number of amides is 2. The van der Waals surface area contributed by atoms with Gasteiger partial charge in [0.1, 0.15) is 11.5 Å². The molecule has 0 aliphatic carbocycles. The second-order valence-corrected chi connectivity index (χ2v) is 7.86. The van der Waals surface area contributed by atoms with Crippen LogP contribution in [0.3, 0.4) is 0 Å². The number of aryl methyl sites for hydroxylation is 1. The van der Waals surface area contributed by atoms with Crippen LogP contribution in [-0.2, 0) is 18.4 Å². The van der Waals surface area contributed by atoms with Crippen molar-refractivity contribution in [3.8, 4) is 11.5 Å². The van der Waals surface area contributed by atoms with E-state index in [2.05, 4.69) is 20.8 Å². The molecule has 2 aromatic carbocycles. The van der Waals surface area contributed by atoms with Crippen LogP contribution in [0.25, 0.3) is 0 Å². The number of hydrogen-bond acceptors (Lipinski definition) is 7. The smallest absolute Gasteiger partial charge is 0.251 e. The van der Waals surface area contributed by atoms with Crippen LogP contribution in [0, 0.1) is 6.92 Å². The average molecular weight is 456 g/mol. The van der Waals surface area contributed by atoms with Crippen molar-refractivity contribution in [1.29, 1.82) is 0 Å². The quantitative estimate of drug-likeness (QED) is 0.478. The van der Waals surface area contributed by atoms with Crippen LogP contribution in [0.4, 0.5) is 5.69 Å². The summed E-state index contributed by atoms with van der Waals surface area (Å²) in [6.07, 6.45) is 0. The highest BCUT2D eigenvalue weighted by Gasteiger charge is 2.14. The van der Waals surface area contributed by atoms with Gasteiger partial charge in [-0.25, -0.2) is 0 Å². The van der Waals surface area contributed by atoms with Gasteiger partial charge < -0.3 is 24.7 Å². The van der Waals surface area contributed by atoms with Crippen molar-refractivity contribution in [3.05, 3.63) is 59.4 Å². The van der Waals surface area contributed by atoms with E-state index >= 15 is 0 Å². The van der Waals surface area contributed by atoms with Crippen LogP contribution in [0.2, 0.25) is 0 Å². The van der Waals surface area contributed by atoms with Gasteiger partial charge in [0.05, 0.1) is 32.2 Å². The first-order chi connectivity index (χ1) is 15.4. The van der Waals surface area contributed by atoms with Crippen molar-refractivity contribution in [1.82, 2.24) is 20.1 Å². The van der Waals surface area contributed by atoms with E-state index in [0.29, 0.717) is 33.7 Å². The van der Waals surface area contributed by atoms with Gasteiger partial charge in [-0.1, -0.05) is 29.5 Å². The number of hydrogen-bond donors (Lipinski definition) is 2. The minimum atomic E-state index is -0.212. The number of aromatic nitrogens is 3. The van der Waals surface area contributed by atoms with E-state index in [-0.39, 0.29) is 24.1 Å². The Morgan fingerprint density at radius 1 is 1.09 bits per heavy atom. The van der Waals surface area contributed by atoms with Gasteiger partial charge in [-0.2, -0.15) is 0 Å². The summed E-state index contributed by atoms with van der Waals surface area (Å²) in [6, 6.07) is 12.5. The fourth-order valence-corrected chi connectivity index (χ4v) is 3.62. The predicted octanol–water partition coefficient (Wildman–Crippen LogP) is 2.80. The van der Waals surface area contributed by atoms with E-state index < -0.39 is 0 Å². The van der Waals surface area contributed by atoms with E-state index in [1.165, 1.54) is 18.9 Å². The first kappa shape index (κ1) is 23.1. The van der Waals surface area contributed by atoms with Crippen molar-refractivity contribution in [2.45, 2.75) is 18.6 Å². The molecule has 3 aromatic rings.